The first-order valence-electron chi connectivity index (χ1n) is 22.7. The zero-order chi connectivity index (χ0) is 48.9. The average Bonchev–Trinajstić information content (AvgIpc) is 4.07. The number of phenolic OH excluding ortho intramolecular Hbond substituents is 1. The van der Waals surface area contributed by atoms with Crippen LogP contribution < -0.4 is 38.1 Å². The van der Waals surface area contributed by atoms with E-state index >= 15 is 0 Å². The summed E-state index contributed by atoms with van der Waals surface area (Å²) >= 11 is 0. The number of carboxylic acid groups (broad SMARTS) is 1. The number of carbonyl (C=O) groups excluding carboxylic acids is 6. The zero-order valence-electron chi connectivity index (χ0n) is 38.1. The van der Waals surface area contributed by atoms with E-state index in [0.717, 1.165) is 10.9 Å². The molecule has 6 amide bonds. The van der Waals surface area contributed by atoms with E-state index in [0.29, 0.717) is 24.0 Å². The van der Waals surface area contributed by atoms with E-state index < -0.39 is 89.8 Å². The minimum Gasteiger partial charge on any atom is -0.508 e. The first kappa shape index (κ1) is 51.2. The van der Waals surface area contributed by atoms with Crippen molar-refractivity contribution in [1.29, 1.82) is 5.41 Å². The van der Waals surface area contributed by atoms with Crippen LogP contribution in [0.15, 0.2) is 54.7 Å². The molecule has 2 aromatic carbocycles. The third-order valence-corrected chi connectivity index (χ3v) is 12.1. The number of aliphatic hydroxyl groups is 1. The average molecular weight is 932 g/mol. The molecule has 0 radical (unpaired) electrons. The van der Waals surface area contributed by atoms with Gasteiger partial charge in [0, 0.05) is 49.6 Å². The quantitative estimate of drug-likeness (QED) is 0.0350. The van der Waals surface area contributed by atoms with E-state index in [4.69, 9.17) is 16.9 Å². The van der Waals surface area contributed by atoms with E-state index in [-0.39, 0.29) is 82.2 Å². The van der Waals surface area contributed by atoms with Crippen molar-refractivity contribution < 1.29 is 48.9 Å². The van der Waals surface area contributed by atoms with Gasteiger partial charge in [-0.15, -0.1) is 0 Å². The van der Waals surface area contributed by atoms with Gasteiger partial charge in [0.25, 0.3) is 0 Å². The number of amides is 6. The highest BCUT2D eigenvalue weighted by Crippen LogP contribution is 2.25. The van der Waals surface area contributed by atoms with E-state index in [1.807, 2.05) is 38.1 Å². The Labute approximate surface area is 388 Å². The van der Waals surface area contributed by atoms with E-state index in [2.05, 4.69) is 31.6 Å². The van der Waals surface area contributed by atoms with Crippen LogP contribution >= 0.6 is 0 Å². The number of guanidine groups is 1. The molecule has 21 heteroatoms. The van der Waals surface area contributed by atoms with Gasteiger partial charge in [-0.3, -0.25) is 34.2 Å². The largest absolute Gasteiger partial charge is 0.508 e. The number of carbonyl (C=O) groups is 7. The van der Waals surface area contributed by atoms with Crippen LogP contribution in [0.1, 0.15) is 76.8 Å². The SMILES string of the molecule is CC(C)C[C@H](NC(=O)[C@H](Cc1c[nH]c2ccccc12)NC(=O)[C@@H](N)[C@@H](C)O)C(=O)N1CCC[C@H]1C(=O)N[C@@H](Cc1ccc(O)cc1)C(=O)N1CCC[C@H]1C(=O)N[C@@H](CCCNC(=N)N)C(=O)O. The molecular weight excluding hydrogens is 867 g/mol. The van der Waals surface area contributed by atoms with Gasteiger partial charge in [0.15, 0.2) is 5.96 Å². The molecule has 3 aromatic rings. The number of para-hydroxylation sites is 1. The van der Waals surface area contributed by atoms with Crippen molar-refractivity contribution in [2.75, 3.05) is 19.6 Å². The van der Waals surface area contributed by atoms with Crippen molar-refractivity contribution in [2.24, 2.45) is 17.4 Å². The summed E-state index contributed by atoms with van der Waals surface area (Å²) in [6.07, 6.45) is 2.30. The molecule has 2 aliphatic rings. The fourth-order valence-electron chi connectivity index (χ4n) is 8.58. The lowest BCUT2D eigenvalue weighted by molar-refractivity contribution is -0.146. The molecule has 0 bridgehead atoms. The number of nitrogens with one attached hydrogen (secondary N) is 7. The zero-order valence-corrected chi connectivity index (χ0v) is 38.1. The van der Waals surface area contributed by atoms with Gasteiger partial charge in [0.05, 0.1) is 6.10 Å². The molecule has 67 heavy (non-hydrogen) atoms. The number of hydrogen-bond donors (Lipinski definition) is 12. The number of phenols is 1. The van der Waals surface area contributed by atoms with Gasteiger partial charge < -0.3 is 68.2 Å². The number of nitrogens with zero attached hydrogens (tertiary/aromatic N) is 2. The number of likely N-dealkylation sites (tertiary alicyclic amines) is 2. The Balaban J connectivity index is 1.34. The number of hydrogen-bond acceptors (Lipinski definition) is 11. The normalized spacial score (nSPS) is 18.6. The fraction of sp³-hybridized carbons (Fsp3) is 0.522. The Hall–Kier alpha value is -6.74. The highest BCUT2D eigenvalue weighted by atomic mass is 16.4. The molecule has 14 N–H and O–H groups in total. The monoisotopic (exact) mass is 931 g/mol. The number of aromatic nitrogens is 1. The number of rotatable bonds is 22. The van der Waals surface area contributed by atoms with Crippen molar-refractivity contribution in [3.8, 4) is 5.75 Å². The predicted molar refractivity (Wildman–Crippen MR) is 247 cm³/mol. The van der Waals surface area contributed by atoms with Crippen LogP contribution in [0.4, 0.5) is 0 Å². The van der Waals surface area contributed by atoms with Crippen LogP contribution in [0.25, 0.3) is 10.9 Å². The molecule has 3 heterocycles. The van der Waals surface area contributed by atoms with Crippen molar-refractivity contribution in [3.63, 3.8) is 0 Å². The van der Waals surface area contributed by atoms with Crippen LogP contribution in [0.2, 0.25) is 0 Å². The standard InChI is InChI=1S/C46H65N11O10/c1-25(2)21-34(54-39(60)33(53-42(63)38(47)26(3)58)23-28-24-51-31-10-5-4-9-30(28)31)43(64)56-19-8-13-37(56)41(62)55-35(22-27-14-16-29(59)17-15-27)44(65)57-20-7-12-36(57)40(61)52-32(45(66)67)11-6-18-50-46(48)49/h4-5,9-10,14-17,24-26,32-38,51,58-59H,6-8,11-13,18-23,47H2,1-3H3,(H,52,61)(H,53,63)(H,54,60)(H,55,62)(H,66,67)(H4,48,49,50)/t26-,32+,33+,34+,35+,36+,37+,38+/m1/s1. The molecule has 0 aliphatic carbocycles. The lowest BCUT2D eigenvalue weighted by atomic mass is 9.99. The molecule has 0 saturated carbocycles. The minimum atomic E-state index is -1.34. The summed E-state index contributed by atoms with van der Waals surface area (Å²) in [6, 6.07) is 5.16. The van der Waals surface area contributed by atoms with Gasteiger partial charge in [-0.1, -0.05) is 44.2 Å². The maximum atomic E-state index is 14.6. The van der Waals surface area contributed by atoms with Crippen LogP contribution in [0.3, 0.4) is 0 Å². The maximum Gasteiger partial charge on any atom is 0.326 e. The number of aliphatic hydroxyl groups excluding tert-OH is 1. The van der Waals surface area contributed by atoms with Gasteiger partial charge in [-0.25, -0.2) is 4.79 Å². The number of aromatic hydroxyl groups is 1. The second kappa shape index (κ2) is 23.6. The summed E-state index contributed by atoms with van der Waals surface area (Å²) in [5, 5.41) is 51.4. The number of benzene rings is 2. The molecule has 0 spiro atoms. The summed E-state index contributed by atoms with van der Waals surface area (Å²) in [6.45, 7) is 5.63. The summed E-state index contributed by atoms with van der Waals surface area (Å²) in [7, 11) is 0. The molecule has 2 aliphatic heterocycles. The van der Waals surface area contributed by atoms with Crippen LogP contribution in [0.5, 0.6) is 5.75 Å². The van der Waals surface area contributed by atoms with Gasteiger partial charge in [0.2, 0.25) is 35.4 Å². The number of aliphatic carboxylic acids is 1. The Bertz CT molecular complexity index is 2250. The summed E-state index contributed by atoms with van der Waals surface area (Å²) in [4.78, 5) is 102. The molecule has 0 unspecified atom stereocenters. The lowest BCUT2D eigenvalue weighted by Gasteiger charge is -2.33. The highest BCUT2D eigenvalue weighted by molar-refractivity contribution is 5.98. The van der Waals surface area contributed by atoms with E-state index in [1.165, 1.54) is 28.9 Å². The fourth-order valence-corrected chi connectivity index (χ4v) is 8.58. The molecule has 8 atom stereocenters. The number of aromatic amines is 1. The van der Waals surface area contributed by atoms with Crippen molar-refractivity contribution in [1.82, 2.24) is 41.4 Å². The highest BCUT2D eigenvalue weighted by Gasteiger charge is 2.43. The van der Waals surface area contributed by atoms with Crippen molar-refractivity contribution >= 4 is 58.3 Å². The van der Waals surface area contributed by atoms with Crippen LogP contribution in [-0.4, -0.2) is 146 Å². The number of nitrogens with two attached hydrogens (primary N) is 2. The van der Waals surface area contributed by atoms with Gasteiger partial charge in [-0.05, 0) is 87.1 Å². The number of fused-ring (bicyclic) bond motifs is 1. The minimum absolute atomic E-state index is 0.0154. The third kappa shape index (κ3) is 13.9. The van der Waals surface area contributed by atoms with E-state index in [9.17, 15) is 48.9 Å². The Morgan fingerprint density at radius 2 is 1.37 bits per heavy atom. The van der Waals surface area contributed by atoms with Crippen LogP contribution in [-0.2, 0) is 46.4 Å². The van der Waals surface area contributed by atoms with Crippen LogP contribution in [0, 0.1) is 11.3 Å². The molecular formula is C46H65N11O10. The van der Waals surface area contributed by atoms with E-state index in [1.54, 1.807) is 18.3 Å². The van der Waals surface area contributed by atoms with Gasteiger partial charge in [-0.2, -0.15) is 0 Å². The molecule has 2 saturated heterocycles. The summed E-state index contributed by atoms with van der Waals surface area (Å²) in [5.74, 6) is -5.58. The Morgan fingerprint density at radius 1 is 0.791 bits per heavy atom. The number of carboxylic acids is 1. The molecule has 1 aromatic heterocycles. The number of H-pyrrole nitrogens is 1. The summed E-state index contributed by atoms with van der Waals surface area (Å²) in [5.41, 5.74) is 13.3. The second-order valence-electron chi connectivity index (χ2n) is 17.8. The Morgan fingerprint density at radius 3 is 1.96 bits per heavy atom. The first-order chi connectivity index (χ1) is 31.8. The Kier molecular flexibility index (Phi) is 18.1. The molecule has 5 rings (SSSR count). The van der Waals surface area contributed by atoms with Crippen molar-refractivity contribution in [3.05, 3.63) is 65.9 Å². The van der Waals surface area contributed by atoms with Gasteiger partial charge in [0.1, 0.15) is 48.0 Å². The first-order valence-corrected chi connectivity index (χ1v) is 22.7. The second-order valence-corrected chi connectivity index (χ2v) is 17.8. The predicted octanol–water partition coefficient (Wildman–Crippen LogP) is -0.318. The molecule has 364 valence electrons. The van der Waals surface area contributed by atoms with Crippen molar-refractivity contribution in [2.45, 2.75) is 127 Å². The lowest BCUT2D eigenvalue weighted by Crippen LogP contribution is -2.60. The van der Waals surface area contributed by atoms with Gasteiger partial charge >= 0.3 is 5.97 Å². The molecule has 2 fully saturated rings. The summed E-state index contributed by atoms with van der Waals surface area (Å²) < 4.78 is 0. The third-order valence-electron chi connectivity index (χ3n) is 12.1. The smallest absolute Gasteiger partial charge is 0.326 e. The topological polar surface area (TPSA) is 338 Å². The molecule has 21 nitrogen and oxygen atoms in total. The maximum absolute atomic E-state index is 14.6.